The van der Waals surface area contributed by atoms with Crippen LogP contribution in [0.25, 0.3) is 0 Å². The lowest BCUT2D eigenvalue weighted by molar-refractivity contribution is -0.00000202. The minimum Gasteiger partial charge on any atom is -1.00 e. The van der Waals surface area contributed by atoms with Gasteiger partial charge < -0.3 is 17.7 Å². The third kappa shape index (κ3) is 0.914. The van der Waals surface area contributed by atoms with E-state index >= 15 is 0 Å². The average molecular weight is 160 g/mol. The fraction of sp³-hybridized carbons (Fsp3) is 0.500. The molecule has 0 atom stereocenters. The molecule has 0 radical (unpaired) electrons. The highest BCUT2D eigenvalue weighted by Crippen LogP contribution is 2.11. The topological polar surface area (TPSA) is 29.9 Å². The van der Waals surface area contributed by atoms with Gasteiger partial charge in [0.1, 0.15) is 0 Å². The molecule has 0 fully saturated rings. The lowest BCUT2D eigenvalue weighted by Crippen LogP contribution is -3.00. The largest absolute Gasteiger partial charge is 1.00 e. The molecule has 0 bridgehead atoms. The van der Waals surface area contributed by atoms with Gasteiger partial charge in [-0.15, -0.1) is 0 Å². The van der Waals surface area contributed by atoms with Crippen molar-refractivity contribution in [3.63, 3.8) is 0 Å². The van der Waals surface area contributed by atoms with E-state index in [1.54, 1.807) is 0 Å². The summed E-state index contributed by atoms with van der Waals surface area (Å²) in [7, 11) is 1.98. The molecule has 1 aromatic heterocycles. The van der Waals surface area contributed by atoms with Crippen LogP contribution in [0, 0.1) is 0 Å². The van der Waals surface area contributed by atoms with Crippen molar-refractivity contribution in [2.45, 2.75) is 13.1 Å². The molecule has 56 valence electrons. The van der Waals surface area contributed by atoms with Crippen molar-refractivity contribution in [2.75, 3.05) is 0 Å². The third-order valence-electron chi connectivity index (χ3n) is 1.76. The smallest absolute Gasteiger partial charge is 1.00 e. The number of aryl methyl sites for hydroxylation is 1. The number of hydrogen-bond donors (Lipinski definition) is 1. The maximum atomic E-state index is 4.11. The van der Waals surface area contributed by atoms with E-state index in [-0.39, 0.29) is 13.8 Å². The number of fused-ring (bicyclic) bond motifs is 1. The summed E-state index contributed by atoms with van der Waals surface area (Å²) in [5, 5.41) is 7.36. The number of rotatable bonds is 0. The van der Waals surface area contributed by atoms with E-state index in [1.807, 2.05) is 17.9 Å². The standard InChI is InChI=1S/C6H9N3.ClH/c1-9-6-4-7-2-5(6)3-8-9;/h3,7H,2,4H2,1H3;1H. The van der Waals surface area contributed by atoms with Crippen molar-refractivity contribution in [1.29, 1.82) is 0 Å². The molecular formula is C6H10ClN3. The van der Waals surface area contributed by atoms with Crippen molar-refractivity contribution < 1.29 is 13.8 Å². The molecule has 10 heavy (non-hydrogen) atoms. The van der Waals surface area contributed by atoms with Crippen molar-refractivity contribution in [3.05, 3.63) is 17.5 Å². The van der Waals surface area contributed by atoms with Gasteiger partial charge in [0.15, 0.2) is 0 Å². The first-order valence-electron chi connectivity index (χ1n) is 3.08. The van der Waals surface area contributed by atoms with Gasteiger partial charge in [0.2, 0.25) is 0 Å². The van der Waals surface area contributed by atoms with Crippen LogP contribution in [0.2, 0.25) is 0 Å². The zero-order chi connectivity index (χ0) is 6.27. The molecule has 1 N–H and O–H groups in total. The van der Waals surface area contributed by atoms with Crippen molar-refractivity contribution in [1.82, 2.24) is 15.1 Å². The van der Waals surface area contributed by atoms with E-state index < -0.39 is 0 Å². The molecule has 0 aliphatic carbocycles. The number of nitrogens with one attached hydrogen (secondary N) is 1. The molecule has 0 amide bonds. The van der Waals surface area contributed by atoms with Crippen LogP contribution in [0.1, 0.15) is 12.7 Å². The zero-order valence-electron chi connectivity index (χ0n) is 6.76. The lowest BCUT2D eigenvalue weighted by Gasteiger charge is -1.92. The van der Waals surface area contributed by atoms with Gasteiger partial charge >= 0.3 is 1.43 Å². The number of halogens is 1. The average Bonchev–Trinajstić information content (AvgIpc) is 2.35. The highest BCUT2D eigenvalue weighted by atomic mass is 35.5. The molecule has 0 saturated heterocycles. The van der Waals surface area contributed by atoms with Gasteiger partial charge in [0, 0.05) is 25.7 Å². The summed E-state index contributed by atoms with van der Waals surface area (Å²) in [5.74, 6) is 0. The zero-order valence-corrected chi connectivity index (χ0v) is 6.52. The Morgan fingerprint density at radius 2 is 2.50 bits per heavy atom. The Bertz CT molecular complexity index is 236. The second-order valence-electron chi connectivity index (χ2n) is 2.34. The molecule has 0 saturated carbocycles. The third-order valence-corrected chi connectivity index (χ3v) is 1.76. The van der Waals surface area contributed by atoms with Gasteiger partial charge in [-0.25, -0.2) is 0 Å². The van der Waals surface area contributed by atoms with Gasteiger partial charge in [-0.2, -0.15) is 5.10 Å². The predicted octanol–water partition coefficient (Wildman–Crippen LogP) is -2.86. The summed E-state index contributed by atoms with van der Waals surface area (Å²) < 4.78 is 1.93. The summed E-state index contributed by atoms with van der Waals surface area (Å²) in [6.07, 6.45) is 1.93. The Morgan fingerprint density at radius 1 is 1.70 bits per heavy atom. The minimum atomic E-state index is 0. The molecule has 0 spiro atoms. The Labute approximate surface area is 67.3 Å². The normalized spacial score (nSPS) is 14.5. The van der Waals surface area contributed by atoms with E-state index in [0.717, 1.165) is 13.1 Å². The fourth-order valence-corrected chi connectivity index (χ4v) is 1.20. The molecule has 1 aromatic rings. The van der Waals surface area contributed by atoms with E-state index in [9.17, 15) is 0 Å². The maximum Gasteiger partial charge on any atom is 1.00 e. The summed E-state index contributed by atoms with van der Waals surface area (Å²) in [4.78, 5) is 0. The number of aromatic nitrogens is 2. The molecular weight excluding hydrogens is 150 g/mol. The van der Waals surface area contributed by atoms with Crippen LogP contribution < -0.4 is 17.7 Å². The van der Waals surface area contributed by atoms with Crippen LogP contribution in [0.4, 0.5) is 0 Å². The van der Waals surface area contributed by atoms with Crippen LogP contribution in [0.3, 0.4) is 0 Å². The van der Waals surface area contributed by atoms with E-state index in [1.165, 1.54) is 11.3 Å². The van der Waals surface area contributed by atoms with Gasteiger partial charge in [-0.3, -0.25) is 4.68 Å². The summed E-state index contributed by atoms with van der Waals surface area (Å²) in [6, 6.07) is 0. The quantitative estimate of drug-likeness (QED) is 0.442. The van der Waals surface area contributed by atoms with E-state index in [4.69, 9.17) is 0 Å². The van der Waals surface area contributed by atoms with Gasteiger partial charge in [0.25, 0.3) is 0 Å². The minimum absolute atomic E-state index is 0. The molecule has 2 heterocycles. The molecule has 1 aliphatic heterocycles. The lowest BCUT2D eigenvalue weighted by atomic mass is 10.3. The number of hydrogen-bond acceptors (Lipinski definition) is 2. The molecule has 2 rings (SSSR count). The fourth-order valence-electron chi connectivity index (χ4n) is 1.20. The van der Waals surface area contributed by atoms with Crippen molar-refractivity contribution >= 4 is 0 Å². The molecule has 0 unspecified atom stereocenters. The highest BCUT2D eigenvalue weighted by molar-refractivity contribution is 5.20. The van der Waals surface area contributed by atoms with Crippen LogP contribution in [-0.4, -0.2) is 9.78 Å². The second-order valence-corrected chi connectivity index (χ2v) is 2.34. The van der Waals surface area contributed by atoms with Gasteiger partial charge in [-0.1, -0.05) is 0 Å². The Morgan fingerprint density at radius 3 is 3.20 bits per heavy atom. The first-order valence-corrected chi connectivity index (χ1v) is 3.08. The van der Waals surface area contributed by atoms with E-state index in [0.29, 0.717) is 0 Å². The Balaban J connectivity index is 0.000000500. The highest BCUT2D eigenvalue weighted by Gasteiger charge is 2.12. The van der Waals surface area contributed by atoms with Crippen molar-refractivity contribution in [2.24, 2.45) is 7.05 Å². The van der Waals surface area contributed by atoms with Crippen molar-refractivity contribution in [3.8, 4) is 0 Å². The molecule has 3 nitrogen and oxygen atoms in total. The van der Waals surface area contributed by atoms with Crippen LogP contribution in [0.15, 0.2) is 6.20 Å². The first kappa shape index (κ1) is 7.57. The number of nitrogens with zero attached hydrogens (tertiary/aromatic N) is 2. The van der Waals surface area contributed by atoms with Crippen LogP contribution >= 0.6 is 0 Å². The SMILES string of the molecule is Cn1ncc2c1CNC2.[Cl-].[H+]. The second kappa shape index (κ2) is 2.60. The summed E-state index contributed by atoms with van der Waals surface area (Å²) in [5.41, 5.74) is 2.67. The monoisotopic (exact) mass is 159 g/mol. The van der Waals surface area contributed by atoms with Crippen LogP contribution in [0.5, 0.6) is 0 Å². The Hall–Kier alpha value is -0.540. The molecule has 4 heteroatoms. The summed E-state index contributed by atoms with van der Waals surface area (Å²) >= 11 is 0. The molecule has 0 aromatic carbocycles. The van der Waals surface area contributed by atoms with Crippen LogP contribution in [-0.2, 0) is 20.1 Å². The molecule has 1 aliphatic rings. The van der Waals surface area contributed by atoms with Gasteiger partial charge in [0.05, 0.1) is 11.9 Å². The first-order chi connectivity index (χ1) is 4.38. The predicted molar refractivity (Wildman–Crippen MR) is 34.9 cm³/mol. The van der Waals surface area contributed by atoms with E-state index in [2.05, 4.69) is 10.4 Å². The Kier molecular flexibility index (Phi) is 1.97. The van der Waals surface area contributed by atoms with Gasteiger partial charge in [-0.05, 0) is 0 Å². The maximum absolute atomic E-state index is 4.11. The summed E-state index contributed by atoms with van der Waals surface area (Å²) in [6.45, 7) is 1.97.